The van der Waals surface area contributed by atoms with Gasteiger partial charge in [-0.2, -0.15) is 11.8 Å². The summed E-state index contributed by atoms with van der Waals surface area (Å²) in [5, 5.41) is 0.433. The molecule has 1 aromatic rings. The SMILES string of the molecule is ClCC1COc2c(Cl)c(Cl)c(Cl)c(Cl)c2OCC(Cl)CS1. The Morgan fingerprint density at radius 2 is 1.43 bits per heavy atom. The molecule has 2 unspecified atom stereocenters. The van der Waals surface area contributed by atoms with Gasteiger partial charge in [-0.3, -0.25) is 0 Å². The van der Waals surface area contributed by atoms with Crippen molar-refractivity contribution in [2.24, 2.45) is 0 Å². The van der Waals surface area contributed by atoms with Gasteiger partial charge < -0.3 is 9.47 Å². The van der Waals surface area contributed by atoms with E-state index in [1.54, 1.807) is 11.8 Å². The zero-order valence-electron chi connectivity index (χ0n) is 10.5. The average molecular weight is 431 g/mol. The second-order valence-electron chi connectivity index (χ2n) is 4.24. The number of hydrogen-bond donors (Lipinski definition) is 0. The van der Waals surface area contributed by atoms with Crippen LogP contribution in [-0.2, 0) is 0 Å². The lowest BCUT2D eigenvalue weighted by molar-refractivity contribution is 0.270. The molecule has 0 saturated heterocycles. The molecule has 0 radical (unpaired) electrons. The Morgan fingerprint density at radius 1 is 0.905 bits per heavy atom. The lowest BCUT2D eigenvalue weighted by Gasteiger charge is -2.23. The van der Waals surface area contributed by atoms with Gasteiger partial charge in [0.05, 0.1) is 20.7 Å². The van der Waals surface area contributed by atoms with Crippen LogP contribution in [0.25, 0.3) is 0 Å². The summed E-state index contributed by atoms with van der Waals surface area (Å²) in [6.07, 6.45) is 0. The van der Waals surface area contributed by atoms with Crippen LogP contribution in [0.4, 0.5) is 0 Å². The molecule has 0 bridgehead atoms. The number of halogens is 6. The highest BCUT2D eigenvalue weighted by atomic mass is 35.5. The molecular weight excluding hydrogens is 421 g/mol. The summed E-state index contributed by atoms with van der Waals surface area (Å²) in [5.41, 5.74) is 0. The Bertz CT molecular complexity index is 527. The fourth-order valence-corrected chi connectivity index (χ4v) is 4.02. The molecule has 2 rings (SSSR count). The largest absolute Gasteiger partial charge is 0.487 e. The van der Waals surface area contributed by atoms with E-state index in [4.69, 9.17) is 79.1 Å². The Kier molecular flexibility index (Phi) is 7.07. The van der Waals surface area contributed by atoms with Crippen molar-refractivity contribution in [1.82, 2.24) is 0 Å². The Balaban J connectivity index is 2.44. The zero-order chi connectivity index (χ0) is 15.6. The first-order chi connectivity index (χ1) is 9.95. The van der Waals surface area contributed by atoms with Crippen LogP contribution in [0.5, 0.6) is 11.5 Å². The van der Waals surface area contributed by atoms with Crippen LogP contribution >= 0.6 is 81.4 Å². The van der Waals surface area contributed by atoms with E-state index in [9.17, 15) is 0 Å². The molecule has 0 amide bonds. The molecule has 0 saturated carbocycles. The first-order valence-corrected chi connectivity index (χ1v) is 9.42. The molecular formula is C12H10Cl6O2S. The van der Waals surface area contributed by atoms with Crippen LogP contribution in [0.2, 0.25) is 20.1 Å². The molecule has 1 aliphatic heterocycles. The quantitative estimate of drug-likeness (QED) is 0.308. The highest BCUT2D eigenvalue weighted by Gasteiger charge is 2.26. The summed E-state index contributed by atoms with van der Waals surface area (Å²) in [7, 11) is 0. The molecule has 2 nitrogen and oxygen atoms in total. The summed E-state index contributed by atoms with van der Waals surface area (Å²) in [5.74, 6) is 1.63. The van der Waals surface area contributed by atoms with Crippen molar-refractivity contribution in [3.05, 3.63) is 20.1 Å². The summed E-state index contributed by atoms with van der Waals surface area (Å²) >= 11 is 38.2. The topological polar surface area (TPSA) is 18.5 Å². The minimum atomic E-state index is -0.198. The van der Waals surface area contributed by atoms with Crippen LogP contribution in [0, 0.1) is 0 Å². The van der Waals surface area contributed by atoms with Crippen LogP contribution in [-0.4, -0.2) is 35.5 Å². The van der Waals surface area contributed by atoms with E-state index in [0.29, 0.717) is 18.2 Å². The molecule has 1 aromatic carbocycles. The van der Waals surface area contributed by atoms with E-state index in [1.807, 2.05) is 0 Å². The van der Waals surface area contributed by atoms with Crippen molar-refractivity contribution in [2.45, 2.75) is 10.6 Å². The second kappa shape index (κ2) is 8.14. The van der Waals surface area contributed by atoms with Gasteiger partial charge in [0, 0.05) is 11.6 Å². The van der Waals surface area contributed by atoms with Crippen molar-refractivity contribution in [1.29, 1.82) is 0 Å². The van der Waals surface area contributed by atoms with Gasteiger partial charge in [0.15, 0.2) is 11.5 Å². The van der Waals surface area contributed by atoms with Crippen LogP contribution < -0.4 is 9.47 Å². The number of hydrogen-bond acceptors (Lipinski definition) is 3. The molecule has 1 aliphatic rings. The predicted molar refractivity (Wildman–Crippen MR) is 94.1 cm³/mol. The molecule has 118 valence electrons. The van der Waals surface area contributed by atoms with Gasteiger partial charge >= 0.3 is 0 Å². The molecule has 0 aliphatic carbocycles. The number of fused-ring (bicyclic) bond motifs is 1. The predicted octanol–water partition coefficient (Wildman–Crippen LogP) is 6.02. The first-order valence-electron chi connectivity index (χ1n) is 5.88. The highest BCUT2D eigenvalue weighted by molar-refractivity contribution is 8.00. The van der Waals surface area contributed by atoms with E-state index < -0.39 is 0 Å². The lowest BCUT2D eigenvalue weighted by atomic mass is 10.3. The van der Waals surface area contributed by atoms with Gasteiger partial charge in [-0.25, -0.2) is 0 Å². The maximum Gasteiger partial charge on any atom is 0.183 e. The fraction of sp³-hybridized carbons (Fsp3) is 0.500. The van der Waals surface area contributed by atoms with Crippen LogP contribution in [0.15, 0.2) is 0 Å². The van der Waals surface area contributed by atoms with E-state index in [0.717, 1.165) is 0 Å². The number of benzene rings is 1. The van der Waals surface area contributed by atoms with Crippen LogP contribution in [0.1, 0.15) is 0 Å². The maximum absolute atomic E-state index is 6.21. The number of rotatable bonds is 1. The van der Waals surface area contributed by atoms with E-state index in [1.165, 1.54) is 0 Å². The van der Waals surface area contributed by atoms with Gasteiger partial charge in [-0.1, -0.05) is 46.4 Å². The van der Waals surface area contributed by atoms with Crippen molar-refractivity contribution in [3.63, 3.8) is 0 Å². The summed E-state index contributed by atoms with van der Waals surface area (Å²) in [6, 6.07) is 0. The fourth-order valence-electron chi connectivity index (χ4n) is 1.63. The molecule has 1 heterocycles. The van der Waals surface area contributed by atoms with Gasteiger partial charge in [-0.05, 0) is 0 Å². The highest BCUT2D eigenvalue weighted by Crippen LogP contribution is 2.50. The van der Waals surface area contributed by atoms with Gasteiger partial charge in [0.25, 0.3) is 0 Å². The number of alkyl halides is 2. The van der Waals surface area contributed by atoms with E-state index in [2.05, 4.69) is 0 Å². The lowest BCUT2D eigenvalue weighted by Crippen LogP contribution is -2.23. The Morgan fingerprint density at radius 3 is 1.95 bits per heavy atom. The van der Waals surface area contributed by atoms with Crippen molar-refractivity contribution in [2.75, 3.05) is 24.8 Å². The number of ether oxygens (including phenoxy) is 2. The molecule has 0 spiro atoms. The van der Waals surface area contributed by atoms with Crippen molar-refractivity contribution < 1.29 is 9.47 Å². The summed E-state index contributed by atoms with van der Waals surface area (Å²) < 4.78 is 11.3. The third-order valence-electron chi connectivity index (χ3n) is 2.69. The number of thioether (sulfide) groups is 1. The minimum absolute atomic E-state index is 0.0724. The average Bonchev–Trinajstić information content (AvgIpc) is 2.49. The van der Waals surface area contributed by atoms with Gasteiger partial charge in [-0.15, -0.1) is 23.2 Å². The summed E-state index contributed by atoms with van der Waals surface area (Å²) in [6.45, 7) is 0.579. The molecule has 0 fully saturated rings. The van der Waals surface area contributed by atoms with Crippen molar-refractivity contribution in [3.8, 4) is 11.5 Å². The van der Waals surface area contributed by atoms with Crippen molar-refractivity contribution >= 4 is 81.4 Å². The van der Waals surface area contributed by atoms with E-state index >= 15 is 0 Å². The standard InChI is InChI=1S/C12H10Cl6O2S/c13-1-6-3-20-12-10(18)8(16)7(15)9(17)11(12)19-2-5(14)4-21-6/h5-6H,1-4H2. The van der Waals surface area contributed by atoms with Gasteiger partial charge in [0.2, 0.25) is 0 Å². The Hall–Kier alpha value is 0.910. The first kappa shape index (κ1) is 18.3. The minimum Gasteiger partial charge on any atom is -0.487 e. The van der Waals surface area contributed by atoms with Gasteiger partial charge in [0.1, 0.15) is 23.3 Å². The van der Waals surface area contributed by atoms with E-state index in [-0.39, 0.29) is 48.8 Å². The third-order valence-corrected chi connectivity index (χ3v) is 6.85. The normalized spacial score (nSPS) is 23.0. The molecule has 21 heavy (non-hydrogen) atoms. The molecule has 0 aromatic heterocycles. The summed E-state index contributed by atoms with van der Waals surface area (Å²) in [4.78, 5) is 0. The Labute approximate surface area is 157 Å². The monoisotopic (exact) mass is 428 g/mol. The maximum atomic E-state index is 6.21. The third kappa shape index (κ3) is 4.26. The zero-order valence-corrected chi connectivity index (χ0v) is 15.8. The van der Waals surface area contributed by atoms with Crippen LogP contribution in [0.3, 0.4) is 0 Å². The molecule has 9 heteroatoms. The molecule has 2 atom stereocenters. The molecule has 0 N–H and O–H groups in total. The smallest absolute Gasteiger partial charge is 0.183 e. The second-order valence-corrected chi connectivity index (χ2v) is 8.01.